The molecule has 0 aliphatic carbocycles. The minimum absolute atomic E-state index is 0.677. The predicted molar refractivity (Wildman–Crippen MR) is 53.8 cm³/mol. The molecule has 0 radical (unpaired) electrons. The normalized spacial score (nSPS) is 10.5. The van der Waals surface area contributed by atoms with Gasteiger partial charge in [0, 0.05) is 10.3 Å². The van der Waals surface area contributed by atoms with E-state index < -0.39 is 10.4 Å². The Morgan fingerprint density at radius 1 is 1.64 bits per heavy atom. The fourth-order valence-corrected chi connectivity index (χ4v) is 3.31. The Kier molecular flexibility index (Phi) is 6.48. The van der Waals surface area contributed by atoms with Gasteiger partial charge in [-0.05, 0) is 21.1 Å². The molecule has 0 aliphatic rings. The van der Waals surface area contributed by atoms with Crippen LogP contribution in [0.2, 0.25) is 0 Å². The van der Waals surface area contributed by atoms with E-state index in [1.165, 1.54) is 10.3 Å². The number of rotatable bonds is 2. The van der Waals surface area contributed by atoms with Gasteiger partial charge in [-0.3, -0.25) is 9.96 Å². The highest BCUT2D eigenvalue weighted by Crippen LogP contribution is 2.19. The van der Waals surface area contributed by atoms with Gasteiger partial charge in [0.05, 0.1) is 0 Å². The maximum atomic E-state index is 8.63. The van der Waals surface area contributed by atoms with E-state index in [4.69, 9.17) is 22.9 Å². The van der Waals surface area contributed by atoms with Crippen LogP contribution in [0, 0.1) is 0 Å². The van der Waals surface area contributed by atoms with E-state index in [1.807, 2.05) is 0 Å². The van der Waals surface area contributed by atoms with Crippen molar-refractivity contribution in [1.29, 1.82) is 0 Å². The third kappa shape index (κ3) is 10.1. The van der Waals surface area contributed by atoms with Gasteiger partial charge in [0.25, 0.3) is 4.34 Å². The van der Waals surface area contributed by atoms with Crippen LogP contribution >= 0.6 is 32.4 Å². The molecule has 0 atom stereocenters. The quantitative estimate of drug-likeness (QED) is 0.309. The van der Waals surface area contributed by atoms with E-state index in [0.717, 1.165) is 10.1 Å². The first-order valence-electron chi connectivity index (χ1n) is 3.19. The molecular weight excluding hydrogens is 268 g/mol. The molecule has 0 bridgehead atoms. The summed E-state index contributed by atoms with van der Waals surface area (Å²) >= 11 is 1.73. The molecule has 10 heteroatoms. The molecule has 0 saturated heterocycles. The standard InChI is InChI=1S/C4H6N2S3.H2O4S/c1-2-7-4-6-3(5)8-9-4;1-5(2,3)4/h5H,2H2,1H3;(H2,1,2,3,4). The minimum atomic E-state index is -4.92. The lowest BCUT2D eigenvalue weighted by atomic mass is 11.0. The summed E-state index contributed by atoms with van der Waals surface area (Å²) in [5.74, 6) is 1.07. The van der Waals surface area contributed by atoms with Crippen LogP contribution in [0.15, 0.2) is 4.34 Å². The molecular formula is C4H8N2O4S4. The average Bonchev–Trinajstić information content (AvgIpc) is 2.32. The fraction of sp³-hybridized carbons (Fsp3) is 0.500. The lowest BCUT2D eigenvalue weighted by molar-refractivity contribution is -0.172. The predicted octanol–water partition coefficient (Wildman–Crippen LogP) is -1.02. The summed E-state index contributed by atoms with van der Waals surface area (Å²) in [5, 5.41) is 5.41. The third-order valence-electron chi connectivity index (χ3n) is 0.668. The molecule has 6 nitrogen and oxygen atoms in total. The van der Waals surface area contributed by atoms with Crippen molar-refractivity contribution in [2.24, 2.45) is 0 Å². The lowest BCUT2D eigenvalue weighted by Gasteiger charge is -1.88. The number of aromatic nitrogens is 1. The summed E-state index contributed by atoms with van der Waals surface area (Å²) in [7, 11) is -1.74. The first-order chi connectivity index (χ1) is 6.33. The van der Waals surface area contributed by atoms with Crippen molar-refractivity contribution in [1.82, 2.24) is 4.98 Å². The van der Waals surface area contributed by atoms with Crippen molar-refractivity contribution in [3.05, 3.63) is 4.80 Å². The fourth-order valence-electron chi connectivity index (χ4n) is 0.385. The first kappa shape index (κ1) is 14.0. The van der Waals surface area contributed by atoms with Gasteiger partial charge in [0.15, 0.2) is 0 Å². The highest BCUT2D eigenvalue weighted by molar-refractivity contribution is 8.02. The molecule has 0 spiro atoms. The summed E-state index contributed by atoms with van der Waals surface area (Å²) in [6.45, 7) is 2.10. The van der Waals surface area contributed by atoms with E-state index in [-0.39, 0.29) is 0 Å². The van der Waals surface area contributed by atoms with Gasteiger partial charge in [-0.1, -0.05) is 18.7 Å². The molecule has 0 unspecified atom stereocenters. The maximum Gasteiger partial charge on any atom is 0.385 e. The minimum Gasteiger partial charge on any atom is -0.726 e. The van der Waals surface area contributed by atoms with Crippen molar-refractivity contribution in [3.63, 3.8) is 0 Å². The highest BCUT2D eigenvalue weighted by Gasteiger charge is 2.03. The molecule has 0 saturated carbocycles. The zero-order valence-corrected chi connectivity index (χ0v) is 10.3. The Bertz CT molecular complexity index is 399. The van der Waals surface area contributed by atoms with Crippen LogP contribution in [-0.4, -0.2) is 28.3 Å². The molecule has 14 heavy (non-hydrogen) atoms. The summed E-state index contributed by atoms with van der Waals surface area (Å²) in [6.07, 6.45) is 0. The molecule has 0 fully saturated rings. The Hall–Kier alpha value is -0.0000000000000000971. The van der Waals surface area contributed by atoms with Crippen molar-refractivity contribution >= 4 is 42.8 Å². The second-order valence-corrected chi connectivity index (χ2v) is 6.25. The molecule has 0 aromatic carbocycles. The molecule has 1 heterocycles. The summed E-state index contributed by atoms with van der Waals surface area (Å²) in [5.41, 5.74) is 0. The highest BCUT2D eigenvalue weighted by atomic mass is 32.9. The van der Waals surface area contributed by atoms with E-state index in [2.05, 4.69) is 11.9 Å². The molecule has 82 valence electrons. The lowest BCUT2D eigenvalue weighted by Crippen LogP contribution is -2.44. The van der Waals surface area contributed by atoms with Gasteiger partial charge in [0.1, 0.15) is 0 Å². The van der Waals surface area contributed by atoms with Crippen LogP contribution in [0.25, 0.3) is 0 Å². The second-order valence-electron chi connectivity index (χ2n) is 1.74. The maximum absolute atomic E-state index is 8.63. The topological polar surface area (TPSA) is 116 Å². The van der Waals surface area contributed by atoms with Gasteiger partial charge < -0.3 is 4.55 Å². The summed E-state index contributed by atoms with van der Waals surface area (Å²) in [4.78, 5) is 4.76. The smallest absolute Gasteiger partial charge is 0.385 e. The van der Waals surface area contributed by atoms with Crippen molar-refractivity contribution in [3.8, 4) is 0 Å². The molecule has 1 aromatic rings. The van der Waals surface area contributed by atoms with Crippen LogP contribution in [-0.2, 0) is 10.4 Å². The number of hydrogen-bond acceptors (Lipinski definition) is 7. The number of nitrogens with zero attached hydrogens (tertiary/aromatic N) is 1. The Morgan fingerprint density at radius 3 is 2.43 bits per heavy atom. The Labute approximate surface area is 92.5 Å². The van der Waals surface area contributed by atoms with Gasteiger partial charge in [0.2, 0.25) is 10.4 Å². The van der Waals surface area contributed by atoms with E-state index >= 15 is 0 Å². The largest absolute Gasteiger partial charge is 0.726 e. The van der Waals surface area contributed by atoms with Gasteiger partial charge >= 0.3 is 4.80 Å². The first-order valence-corrected chi connectivity index (χ1v) is 7.69. The van der Waals surface area contributed by atoms with Gasteiger partial charge in [-0.2, -0.15) is 0 Å². The number of thioether (sulfide) groups is 1. The zero-order valence-electron chi connectivity index (χ0n) is 7.04. The molecule has 0 aliphatic heterocycles. The van der Waals surface area contributed by atoms with Crippen molar-refractivity contribution < 1.29 is 22.9 Å². The molecule has 1 aromatic heterocycles. The zero-order chi connectivity index (χ0) is 11.2. The number of nitrogens with two attached hydrogens (primary N) is 1. The Balaban J connectivity index is 0.000000292. The van der Waals surface area contributed by atoms with Gasteiger partial charge in [-0.25, -0.2) is 8.42 Å². The van der Waals surface area contributed by atoms with Crippen molar-refractivity contribution in [2.45, 2.75) is 11.3 Å². The SMILES string of the molecule is CCSc1nc(=[NH2+])ss1.O=S(=O)([O-])O. The monoisotopic (exact) mass is 276 g/mol. The van der Waals surface area contributed by atoms with Gasteiger partial charge in [-0.15, -0.1) is 0 Å². The summed E-state index contributed by atoms with van der Waals surface area (Å²) in [6, 6.07) is 0. The third-order valence-corrected chi connectivity index (χ3v) is 4.03. The average molecular weight is 276 g/mol. The van der Waals surface area contributed by atoms with Crippen LogP contribution in [0.1, 0.15) is 6.92 Å². The molecule has 3 N–H and O–H groups in total. The number of hydrogen-bond donors (Lipinski definition) is 2. The van der Waals surface area contributed by atoms with E-state index in [9.17, 15) is 0 Å². The van der Waals surface area contributed by atoms with Crippen LogP contribution in [0.5, 0.6) is 0 Å². The van der Waals surface area contributed by atoms with Crippen molar-refractivity contribution in [2.75, 3.05) is 5.75 Å². The van der Waals surface area contributed by atoms with E-state index in [0.29, 0.717) is 4.80 Å². The van der Waals surface area contributed by atoms with Crippen LogP contribution < -0.4 is 10.2 Å². The Morgan fingerprint density at radius 2 is 2.14 bits per heavy atom. The van der Waals surface area contributed by atoms with E-state index in [1.54, 1.807) is 22.1 Å². The summed E-state index contributed by atoms with van der Waals surface area (Å²) < 4.78 is 33.9. The second kappa shape index (κ2) is 6.48. The van der Waals surface area contributed by atoms with Crippen LogP contribution in [0.4, 0.5) is 0 Å². The van der Waals surface area contributed by atoms with Crippen LogP contribution in [0.3, 0.4) is 0 Å². The molecule has 1 rings (SSSR count). The molecule has 0 amide bonds.